The van der Waals surface area contributed by atoms with Gasteiger partial charge < -0.3 is 15.8 Å². The molecule has 1 atom stereocenters. The average Bonchev–Trinajstić information content (AvgIpc) is 2.29. The Labute approximate surface area is 103 Å². The summed E-state index contributed by atoms with van der Waals surface area (Å²) in [5.74, 6) is -0.573. The number of nitrogens with one attached hydrogen (secondary N) is 1. The molecule has 1 heterocycles. The number of hydrogen-bond acceptors (Lipinski definition) is 6. The Morgan fingerprint density at radius 3 is 2.94 bits per heavy atom. The first-order valence-corrected chi connectivity index (χ1v) is 5.15. The standard InChI is InChI=1S/C10H14N4O4/c1-6(5-18-2)13-10(15)8-3-7(14(16)17)4-12-9(8)11/h3-4,6H,5H2,1-2H3,(H2,11,12)(H,13,15). The highest BCUT2D eigenvalue weighted by Crippen LogP contribution is 2.16. The molecular formula is C10H14N4O4. The second-order valence-electron chi connectivity index (χ2n) is 3.71. The predicted octanol–water partition coefficient (Wildman–Crippen LogP) is 0.337. The Bertz CT molecular complexity index is 463. The zero-order valence-electron chi connectivity index (χ0n) is 10.0. The van der Waals surface area contributed by atoms with Gasteiger partial charge in [0, 0.05) is 19.2 Å². The number of nitrogen functional groups attached to an aromatic ring is 1. The molecule has 0 saturated carbocycles. The largest absolute Gasteiger partial charge is 0.383 e. The van der Waals surface area contributed by atoms with Gasteiger partial charge in [0.2, 0.25) is 0 Å². The number of ether oxygens (including phenoxy) is 1. The number of aromatic nitrogens is 1. The van der Waals surface area contributed by atoms with E-state index in [-0.39, 0.29) is 23.1 Å². The van der Waals surface area contributed by atoms with Crippen molar-refractivity contribution in [1.82, 2.24) is 10.3 Å². The van der Waals surface area contributed by atoms with Crippen LogP contribution < -0.4 is 11.1 Å². The lowest BCUT2D eigenvalue weighted by Gasteiger charge is -2.13. The van der Waals surface area contributed by atoms with Crippen LogP contribution in [0, 0.1) is 10.1 Å². The Morgan fingerprint density at radius 1 is 1.72 bits per heavy atom. The molecule has 0 saturated heterocycles. The molecule has 18 heavy (non-hydrogen) atoms. The molecule has 1 unspecified atom stereocenters. The van der Waals surface area contributed by atoms with Gasteiger partial charge in [-0.2, -0.15) is 0 Å². The lowest BCUT2D eigenvalue weighted by molar-refractivity contribution is -0.385. The van der Waals surface area contributed by atoms with Crippen LogP contribution in [0.1, 0.15) is 17.3 Å². The van der Waals surface area contributed by atoms with Gasteiger partial charge in [-0.1, -0.05) is 0 Å². The second kappa shape index (κ2) is 5.92. The van der Waals surface area contributed by atoms with E-state index in [2.05, 4.69) is 10.3 Å². The third-order valence-corrected chi connectivity index (χ3v) is 2.15. The van der Waals surface area contributed by atoms with Gasteiger partial charge in [0.25, 0.3) is 11.6 Å². The number of carbonyl (C=O) groups is 1. The van der Waals surface area contributed by atoms with Crippen LogP contribution in [0.2, 0.25) is 0 Å². The summed E-state index contributed by atoms with van der Waals surface area (Å²) < 4.78 is 4.86. The first-order valence-electron chi connectivity index (χ1n) is 5.15. The Kier molecular flexibility index (Phi) is 4.55. The zero-order chi connectivity index (χ0) is 13.7. The number of amides is 1. The summed E-state index contributed by atoms with van der Waals surface area (Å²) in [6.07, 6.45) is 1.00. The topological polar surface area (TPSA) is 120 Å². The van der Waals surface area contributed by atoms with Gasteiger partial charge in [-0.05, 0) is 6.92 Å². The molecule has 0 aliphatic rings. The summed E-state index contributed by atoms with van der Waals surface area (Å²) in [6.45, 7) is 2.07. The molecule has 1 amide bonds. The third kappa shape index (κ3) is 3.39. The van der Waals surface area contributed by atoms with Crippen LogP contribution in [0.5, 0.6) is 0 Å². The van der Waals surface area contributed by atoms with E-state index in [9.17, 15) is 14.9 Å². The highest BCUT2D eigenvalue weighted by atomic mass is 16.6. The van der Waals surface area contributed by atoms with E-state index in [1.807, 2.05) is 0 Å². The molecule has 3 N–H and O–H groups in total. The summed E-state index contributed by atoms with van der Waals surface area (Å²) in [6, 6.07) is 0.859. The highest BCUT2D eigenvalue weighted by Gasteiger charge is 2.17. The number of methoxy groups -OCH3 is 1. The average molecular weight is 254 g/mol. The molecule has 8 nitrogen and oxygen atoms in total. The van der Waals surface area contributed by atoms with Crippen LogP contribution in [0.15, 0.2) is 12.3 Å². The number of nitro groups is 1. The maximum absolute atomic E-state index is 11.8. The number of rotatable bonds is 5. The Morgan fingerprint density at radius 2 is 2.39 bits per heavy atom. The van der Waals surface area contributed by atoms with E-state index in [1.165, 1.54) is 7.11 Å². The zero-order valence-corrected chi connectivity index (χ0v) is 10.0. The van der Waals surface area contributed by atoms with Gasteiger partial charge in [0.15, 0.2) is 0 Å². The number of hydrogen-bond donors (Lipinski definition) is 2. The van der Waals surface area contributed by atoms with E-state index in [4.69, 9.17) is 10.5 Å². The van der Waals surface area contributed by atoms with Crippen LogP contribution >= 0.6 is 0 Å². The summed E-state index contributed by atoms with van der Waals surface area (Å²) in [7, 11) is 1.51. The number of anilines is 1. The van der Waals surface area contributed by atoms with E-state index in [0.29, 0.717) is 6.61 Å². The monoisotopic (exact) mass is 254 g/mol. The highest BCUT2D eigenvalue weighted by molar-refractivity contribution is 5.99. The van der Waals surface area contributed by atoms with Gasteiger partial charge in [-0.3, -0.25) is 14.9 Å². The van der Waals surface area contributed by atoms with Crippen LogP contribution in [-0.2, 0) is 4.74 Å². The van der Waals surface area contributed by atoms with Crippen molar-refractivity contribution in [2.45, 2.75) is 13.0 Å². The van der Waals surface area contributed by atoms with Crippen molar-refractivity contribution < 1.29 is 14.5 Å². The Balaban J connectivity index is 2.91. The molecule has 1 aromatic heterocycles. The molecule has 0 radical (unpaired) electrons. The summed E-state index contributed by atoms with van der Waals surface area (Å²) >= 11 is 0. The fourth-order valence-electron chi connectivity index (χ4n) is 1.34. The van der Waals surface area contributed by atoms with Crippen molar-refractivity contribution in [2.75, 3.05) is 19.5 Å². The van der Waals surface area contributed by atoms with Gasteiger partial charge in [0.1, 0.15) is 12.0 Å². The number of carbonyl (C=O) groups excluding carboxylic acids is 1. The SMILES string of the molecule is COCC(C)NC(=O)c1cc([N+](=O)[O-])cnc1N. The van der Waals surface area contributed by atoms with Crippen molar-refractivity contribution >= 4 is 17.4 Å². The third-order valence-electron chi connectivity index (χ3n) is 2.15. The number of nitrogens with two attached hydrogens (primary N) is 1. The minimum Gasteiger partial charge on any atom is -0.383 e. The van der Waals surface area contributed by atoms with E-state index in [1.54, 1.807) is 6.92 Å². The van der Waals surface area contributed by atoms with E-state index < -0.39 is 10.8 Å². The van der Waals surface area contributed by atoms with Crippen LogP contribution in [0.25, 0.3) is 0 Å². The molecule has 8 heteroatoms. The molecule has 0 fully saturated rings. The van der Waals surface area contributed by atoms with E-state index in [0.717, 1.165) is 12.3 Å². The lowest BCUT2D eigenvalue weighted by Crippen LogP contribution is -2.36. The van der Waals surface area contributed by atoms with E-state index >= 15 is 0 Å². The molecular weight excluding hydrogens is 240 g/mol. The molecule has 0 aliphatic heterocycles. The lowest BCUT2D eigenvalue weighted by atomic mass is 10.2. The maximum Gasteiger partial charge on any atom is 0.288 e. The molecule has 0 aliphatic carbocycles. The summed E-state index contributed by atoms with van der Waals surface area (Å²) in [5, 5.41) is 13.2. The van der Waals surface area contributed by atoms with Crippen molar-refractivity contribution in [1.29, 1.82) is 0 Å². The summed E-state index contributed by atoms with van der Waals surface area (Å²) in [4.78, 5) is 25.4. The minimum absolute atomic E-state index is 0.0212. The molecule has 1 rings (SSSR count). The molecule has 0 spiro atoms. The summed E-state index contributed by atoms with van der Waals surface area (Å²) in [5.41, 5.74) is 5.21. The van der Waals surface area contributed by atoms with Gasteiger partial charge in [-0.25, -0.2) is 4.98 Å². The second-order valence-corrected chi connectivity index (χ2v) is 3.71. The molecule has 1 aromatic rings. The number of pyridine rings is 1. The first-order chi connectivity index (χ1) is 8.45. The smallest absolute Gasteiger partial charge is 0.288 e. The first kappa shape index (κ1) is 13.8. The van der Waals surface area contributed by atoms with Crippen molar-refractivity contribution in [3.8, 4) is 0 Å². The van der Waals surface area contributed by atoms with Crippen molar-refractivity contribution in [3.63, 3.8) is 0 Å². The predicted molar refractivity (Wildman–Crippen MR) is 64.1 cm³/mol. The van der Waals surface area contributed by atoms with Crippen molar-refractivity contribution in [2.24, 2.45) is 0 Å². The van der Waals surface area contributed by atoms with Crippen molar-refractivity contribution in [3.05, 3.63) is 27.9 Å². The molecule has 0 aromatic carbocycles. The fourth-order valence-corrected chi connectivity index (χ4v) is 1.34. The fraction of sp³-hybridized carbons (Fsp3) is 0.400. The van der Waals surface area contributed by atoms with Gasteiger partial charge in [0.05, 0.1) is 17.1 Å². The molecule has 98 valence electrons. The van der Waals surface area contributed by atoms with Crippen LogP contribution in [-0.4, -0.2) is 35.6 Å². The quantitative estimate of drug-likeness (QED) is 0.577. The maximum atomic E-state index is 11.8. The van der Waals surface area contributed by atoms with Crippen LogP contribution in [0.4, 0.5) is 11.5 Å². The normalized spacial score (nSPS) is 11.9. The minimum atomic E-state index is -0.637. The number of nitrogens with zero attached hydrogens (tertiary/aromatic N) is 2. The molecule has 0 bridgehead atoms. The van der Waals surface area contributed by atoms with Gasteiger partial charge >= 0.3 is 0 Å². The van der Waals surface area contributed by atoms with Crippen LogP contribution in [0.3, 0.4) is 0 Å². The Hall–Kier alpha value is -2.22. The van der Waals surface area contributed by atoms with Gasteiger partial charge in [-0.15, -0.1) is 0 Å².